The zero-order chi connectivity index (χ0) is 22.8. The smallest absolute Gasteiger partial charge is 0.120 e. The van der Waals surface area contributed by atoms with E-state index in [1.165, 1.54) is 11.1 Å². The Hall–Kier alpha value is -2.88. The standard InChI is InChI=1S/C27H33NO3/c1-18-15-23-24(27(4,5)13-12-26(23,2)3)17-22(18)25(28-31)20-10-8-19(9-11-20)16-21(30)7-6-14-29/h8-11,14-17,30-31H,6-7,12-13H2,1-5H3/b21-16-,28-25+. The van der Waals surface area contributed by atoms with Gasteiger partial charge in [-0.25, -0.2) is 0 Å². The molecule has 0 saturated carbocycles. The molecule has 0 aliphatic heterocycles. The highest BCUT2D eigenvalue weighted by Crippen LogP contribution is 2.46. The van der Waals surface area contributed by atoms with E-state index in [4.69, 9.17) is 0 Å². The number of oxime groups is 1. The van der Waals surface area contributed by atoms with Gasteiger partial charge < -0.3 is 15.1 Å². The zero-order valence-corrected chi connectivity index (χ0v) is 19.2. The molecule has 3 rings (SSSR count). The number of allylic oxidation sites excluding steroid dienone is 1. The molecule has 1 aliphatic rings. The van der Waals surface area contributed by atoms with Crippen LogP contribution in [0.25, 0.3) is 6.08 Å². The third-order valence-electron chi connectivity index (χ3n) is 6.59. The van der Waals surface area contributed by atoms with E-state index in [1.54, 1.807) is 6.08 Å². The second-order valence-corrected chi connectivity index (χ2v) is 9.89. The van der Waals surface area contributed by atoms with Crippen LogP contribution in [0.2, 0.25) is 0 Å². The molecule has 164 valence electrons. The SMILES string of the molecule is Cc1cc2c(cc1/C(=N/O)c1ccc(/C=C(\O)CCC=O)cc1)C(C)(C)CCC2(C)C. The molecule has 0 aromatic heterocycles. The Morgan fingerprint density at radius 1 is 1.03 bits per heavy atom. The monoisotopic (exact) mass is 419 g/mol. The molecule has 1 aliphatic carbocycles. The van der Waals surface area contributed by atoms with Crippen LogP contribution in [0, 0.1) is 6.92 Å². The maximum atomic E-state index is 10.5. The molecule has 0 spiro atoms. The van der Waals surface area contributed by atoms with E-state index in [0.717, 1.165) is 41.4 Å². The lowest BCUT2D eigenvalue weighted by atomic mass is 9.62. The quantitative estimate of drug-likeness (QED) is 0.186. The number of aliphatic hydroxyl groups excluding tert-OH is 1. The topological polar surface area (TPSA) is 69.9 Å². The Morgan fingerprint density at radius 3 is 2.16 bits per heavy atom. The Kier molecular flexibility index (Phi) is 6.40. The molecule has 2 aromatic carbocycles. The van der Waals surface area contributed by atoms with Gasteiger partial charge in [0.1, 0.15) is 12.0 Å². The normalized spacial score (nSPS) is 17.8. The predicted molar refractivity (Wildman–Crippen MR) is 126 cm³/mol. The minimum absolute atomic E-state index is 0.0710. The van der Waals surface area contributed by atoms with Crippen LogP contribution < -0.4 is 0 Å². The van der Waals surface area contributed by atoms with Crippen LogP contribution in [0.1, 0.15) is 86.8 Å². The second-order valence-electron chi connectivity index (χ2n) is 9.89. The largest absolute Gasteiger partial charge is 0.512 e. The van der Waals surface area contributed by atoms with Crippen LogP contribution in [-0.2, 0) is 15.6 Å². The van der Waals surface area contributed by atoms with Crippen LogP contribution in [0.3, 0.4) is 0 Å². The fourth-order valence-electron chi connectivity index (χ4n) is 4.45. The summed E-state index contributed by atoms with van der Waals surface area (Å²) in [7, 11) is 0. The number of fused-ring (bicyclic) bond motifs is 1. The van der Waals surface area contributed by atoms with Gasteiger partial charge in [-0.1, -0.05) is 63.2 Å². The molecule has 0 bridgehead atoms. The molecule has 31 heavy (non-hydrogen) atoms. The summed E-state index contributed by atoms with van der Waals surface area (Å²) in [4.78, 5) is 10.5. The Morgan fingerprint density at radius 2 is 1.61 bits per heavy atom. The highest BCUT2D eigenvalue weighted by molar-refractivity contribution is 6.13. The fourth-order valence-corrected chi connectivity index (χ4v) is 4.45. The molecular formula is C27H33NO3. The number of aryl methyl sites for hydroxylation is 1. The molecule has 0 heterocycles. The van der Waals surface area contributed by atoms with E-state index in [9.17, 15) is 15.1 Å². The number of benzene rings is 2. The average Bonchev–Trinajstić information content (AvgIpc) is 2.72. The van der Waals surface area contributed by atoms with Gasteiger partial charge in [0.25, 0.3) is 0 Å². The molecular weight excluding hydrogens is 386 g/mol. The van der Waals surface area contributed by atoms with Gasteiger partial charge in [0.15, 0.2) is 0 Å². The van der Waals surface area contributed by atoms with Crippen molar-refractivity contribution in [2.75, 3.05) is 0 Å². The highest BCUT2D eigenvalue weighted by Gasteiger charge is 2.37. The van der Waals surface area contributed by atoms with E-state index in [-0.39, 0.29) is 16.6 Å². The van der Waals surface area contributed by atoms with E-state index in [1.807, 2.05) is 24.3 Å². The maximum Gasteiger partial charge on any atom is 0.120 e. The van der Waals surface area contributed by atoms with Gasteiger partial charge in [-0.05, 0) is 65.0 Å². The minimum atomic E-state index is 0.0710. The van der Waals surface area contributed by atoms with Crippen molar-refractivity contribution in [3.63, 3.8) is 0 Å². The second kappa shape index (κ2) is 8.70. The molecule has 2 aromatic rings. The lowest BCUT2D eigenvalue weighted by Gasteiger charge is -2.42. The van der Waals surface area contributed by atoms with Crippen molar-refractivity contribution in [3.8, 4) is 0 Å². The van der Waals surface area contributed by atoms with Gasteiger partial charge in [0, 0.05) is 24.0 Å². The molecule has 0 amide bonds. The van der Waals surface area contributed by atoms with Crippen LogP contribution in [-0.4, -0.2) is 22.3 Å². The fraction of sp³-hybridized carbons (Fsp3) is 0.407. The van der Waals surface area contributed by atoms with Gasteiger partial charge >= 0.3 is 0 Å². The zero-order valence-electron chi connectivity index (χ0n) is 19.2. The van der Waals surface area contributed by atoms with Gasteiger partial charge in [0.05, 0.1) is 5.76 Å². The average molecular weight is 420 g/mol. The highest BCUT2D eigenvalue weighted by atomic mass is 16.4. The van der Waals surface area contributed by atoms with Crippen molar-refractivity contribution in [2.45, 2.75) is 71.1 Å². The summed E-state index contributed by atoms with van der Waals surface area (Å²) in [6, 6.07) is 12.0. The Bertz CT molecular complexity index is 1030. The van der Waals surface area contributed by atoms with Crippen molar-refractivity contribution >= 4 is 18.1 Å². The number of hydrogen-bond donors (Lipinski definition) is 2. The van der Waals surface area contributed by atoms with Gasteiger partial charge in [-0.2, -0.15) is 0 Å². The summed E-state index contributed by atoms with van der Waals surface area (Å²) in [6.45, 7) is 11.2. The van der Waals surface area contributed by atoms with E-state index < -0.39 is 0 Å². The first-order valence-electron chi connectivity index (χ1n) is 10.9. The molecule has 4 heteroatoms. The predicted octanol–water partition coefficient (Wildman–Crippen LogP) is 6.45. The summed E-state index contributed by atoms with van der Waals surface area (Å²) >= 11 is 0. The van der Waals surface area contributed by atoms with E-state index in [0.29, 0.717) is 18.6 Å². The minimum Gasteiger partial charge on any atom is -0.512 e. The number of nitrogens with zero attached hydrogens (tertiary/aromatic N) is 1. The first kappa shape index (κ1) is 22.8. The molecule has 0 saturated heterocycles. The summed E-state index contributed by atoms with van der Waals surface area (Å²) in [5.74, 6) is 0.172. The molecule has 2 N–H and O–H groups in total. The van der Waals surface area contributed by atoms with Crippen LogP contribution in [0.5, 0.6) is 0 Å². The van der Waals surface area contributed by atoms with E-state index >= 15 is 0 Å². The van der Waals surface area contributed by atoms with Gasteiger partial charge in [-0.15, -0.1) is 0 Å². The maximum absolute atomic E-state index is 10.5. The van der Waals surface area contributed by atoms with Crippen molar-refractivity contribution in [1.29, 1.82) is 0 Å². The Labute approximate surface area is 185 Å². The molecule has 0 atom stereocenters. The number of aliphatic hydroxyl groups is 1. The number of carbonyl (C=O) groups excluding carboxylic acids is 1. The molecule has 0 unspecified atom stereocenters. The summed E-state index contributed by atoms with van der Waals surface area (Å²) < 4.78 is 0. The van der Waals surface area contributed by atoms with Crippen molar-refractivity contribution in [2.24, 2.45) is 5.16 Å². The summed E-state index contributed by atoms with van der Waals surface area (Å²) in [6.07, 6.45) is 5.34. The lowest BCUT2D eigenvalue weighted by molar-refractivity contribution is -0.107. The summed E-state index contributed by atoms with van der Waals surface area (Å²) in [5, 5.41) is 23.5. The number of rotatable bonds is 6. The van der Waals surface area contributed by atoms with Gasteiger partial charge in [0.2, 0.25) is 0 Å². The molecule has 0 radical (unpaired) electrons. The van der Waals surface area contributed by atoms with Crippen molar-refractivity contribution in [1.82, 2.24) is 0 Å². The number of aldehydes is 1. The van der Waals surface area contributed by atoms with Crippen LogP contribution in [0.15, 0.2) is 47.3 Å². The van der Waals surface area contributed by atoms with E-state index in [2.05, 4.69) is 51.9 Å². The summed E-state index contributed by atoms with van der Waals surface area (Å²) in [5.41, 5.74) is 7.11. The number of hydrogen-bond acceptors (Lipinski definition) is 4. The molecule has 0 fully saturated rings. The van der Waals surface area contributed by atoms with Crippen LogP contribution in [0.4, 0.5) is 0 Å². The lowest BCUT2D eigenvalue weighted by Crippen LogP contribution is -2.34. The third kappa shape index (κ3) is 4.73. The Balaban J connectivity index is 1.99. The molecule has 4 nitrogen and oxygen atoms in total. The number of carbonyl (C=O) groups is 1. The van der Waals surface area contributed by atoms with Crippen LogP contribution >= 0.6 is 0 Å². The first-order chi connectivity index (χ1) is 14.6. The van der Waals surface area contributed by atoms with Gasteiger partial charge in [-0.3, -0.25) is 0 Å². The first-order valence-corrected chi connectivity index (χ1v) is 10.9. The van der Waals surface area contributed by atoms with Crippen molar-refractivity contribution in [3.05, 3.63) is 75.5 Å². The van der Waals surface area contributed by atoms with Crippen molar-refractivity contribution < 1.29 is 15.1 Å². The third-order valence-corrected chi connectivity index (χ3v) is 6.59.